The zero-order chi connectivity index (χ0) is 20.4. The van der Waals surface area contributed by atoms with Crippen LogP contribution in [0.25, 0.3) is 10.9 Å². The van der Waals surface area contributed by atoms with E-state index in [-0.39, 0.29) is 11.6 Å². The minimum atomic E-state index is 0.00900. The smallest absolute Gasteiger partial charge is 0.198 e. The molecule has 0 aliphatic rings. The van der Waals surface area contributed by atoms with Crippen LogP contribution in [0, 0.1) is 0 Å². The molecule has 146 valence electrons. The Kier molecular flexibility index (Phi) is 4.83. The van der Waals surface area contributed by atoms with Gasteiger partial charge in [0, 0.05) is 28.9 Å². The summed E-state index contributed by atoms with van der Waals surface area (Å²) in [6.45, 7) is 0. The average molecular weight is 387 g/mol. The SMILES string of the molecule is COc1ccc(N=Cc2c(O)[nH]c3ccc(Cc4cccc(N)c4)cc23)cc1O. The van der Waals surface area contributed by atoms with Crippen molar-refractivity contribution in [3.8, 4) is 17.4 Å². The molecular formula is C23H21N3O3. The second kappa shape index (κ2) is 7.59. The van der Waals surface area contributed by atoms with Crippen molar-refractivity contribution in [3.63, 3.8) is 0 Å². The minimum absolute atomic E-state index is 0.00900. The van der Waals surface area contributed by atoms with Crippen molar-refractivity contribution in [2.45, 2.75) is 6.42 Å². The van der Waals surface area contributed by atoms with E-state index in [2.05, 4.69) is 9.98 Å². The number of aliphatic imine (C=N–C) groups is 1. The third-order valence-corrected chi connectivity index (χ3v) is 4.75. The summed E-state index contributed by atoms with van der Waals surface area (Å²) >= 11 is 0. The highest BCUT2D eigenvalue weighted by atomic mass is 16.5. The maximum Gasteiger partial charge on any atom is 0.198 e. The molecule has 0 amide bonds. The summed E-state index contributed by atoms with van der Waals surface area (Å²) in [6, 6.07) is 18.7. The van der Waals surface area contributed by atoms with Crippen molar-refractivity contribution in [2.24, 2.45) is 4.99 Å². The molecule has 6 nitrogen and oxygen atoms in total. The predicted molar refractivity (Wildman–Crippen MR) is 116 cm³/mol. The first-order chi connectivity index (χ1) is 14.0. The van der Waals surface area contributed by atoms with E-state index in [9.17, 15) is 10.2 Å². The van der Waals surface area contributed by atoms with E-state index in [0.29, 0.717) is 17.0 Å². The number of ether oxygens (including phenoxy) is 1. The number of nitrogen functional groups attached to an aromatic ring is 1. The van der Waals surface area contributed by atoms with E-state index in [0.717, 1.165) is 34.1 Å². The van der Waals surface area contributed by atoms with Gasteiger partial charge >= 0.3 is 0 Å². The maximum absolute atomic E-state index is 10.3. The number of nitrogens with one attached hydrogen (secondary N) is 1. The Hall–Kier alpha value is -3.93. The van der Waals surface area contributed by atoms with Gasteiger partial charge in [-0.05, 0) is 53.9 Å². The number of aromatic nitrogens is 1. The number of nitrogens with zero attached hydrogens (tertiary/aromatic N) is 1. The molecule has 3 aromatic carbocycles. The minimum Gasteiger partial charge on any atom is -0.504 e. The molecule has 0 aliphatic carbocycles. The molecule has 0 radical (unpaired) electrons. The van der Waals surface area contributed by atoms with Crippen molar-refractivity contribution < 1.29 is 14.9 Å². The van der Waals surface area contributed by atoms with Crippen molar-refractivity contribution >= 4 is 28.5 Å². The van der Waals surface area contributed by atoms with E-state index in [1.54, 1.807) is 18.3 Å². The van der Waals surface area contributed by atoms with E-state index >= 15 is 0 Å². The summed E-state index contributed by atoms with van der Waals surface area (Å²) in [5.74, 6) is 0.433. The Balaban J connectivity index is 1.67. The van der Waals surface area contributed by atoms with Crippen LogP contribution in [0.4, 0.5) is 11.4 Å². The first-order valence-electron chi connectivity index (χ1n) is 9.12. The first kappa shape index (κ1) is 18.4. The van der Waals surface area contributed by atoms with Gasteiger partial charge in [0.15, 0.2) is 17.4 Å². The molecule has 5 N–H and O–H groups in total. The molecule has 0 unspecified atom stereocenters. The highest BCUT2D eigenvalue weighted by molar-refractivity contribution is 6.02. The van der Waals surface area contributed by atoms with Gasteiger partial charge in [-0.3, -0.25) is 4.99 Å². The number of fused-ring (bicyclic) bond motifs is 1. The number of nitrogens with two attached hydrogens (primary N) is 1. The number of aromatic amines is 1. The van der Waals surface area contributed by atoms with Gasteiger partial charge in [-0.25, -0.2) is 0 Å². The molecule has 0 saturated heterocycles. The Bertz CT molecular complexity index is 1210. The van der Waals surface area contributed by atoms with Gasteiger partial charge in [0.1, 0.15) is 0 Å². The Morgan fingerprint density at radius 3 is 2.62 bits per heavy atom. The summed E-state index contributed by atoms with van der Waals surface area (Å²) in [4.78, 5) is 7.35. The van der Waals surface area contributed by atoms with Crippen molar-refractivity contribution in [2.75, 3.05) is 12.8 Å². The number of benzene rings is 3. The lowest BCUT2D eigenvalue weighted by Crippen LogP contribution is -1.91. The van der Waals surface area contributed by atoms with Crippen LogP contribution in [0.2, 0.25) is 0 Å². The van der Waals surface area contributed by atoms with Crippen LogP contribution < -0.4 is 10.5 Å². The normalized spacial score (nSPS) is 11.3. The maximum atomic E-state index is 10.3. The standard InChI is InChI=1S/C23H21N3O3/c1-29-22-8-6-17(12-21(22)27)25-13-19-18-11-15(5-7-20(18)26-23(19)28)9-14-3-2-4-16(24)10-14/h2-8,10-13,26-28H,9,24H2,1H3. The molecule has 0 atom stereocenters. The fourth-order valence-electron chi connectivity index (χ4n) is 3.32. The number of phenols is 1. The molecule has 4 aromatic rings. The van der Waals surface area contributed by atoms with Crippen molar-refractivity contribution in [3.05, 3.63) is 77.4 Å². The lowest BCUT2D eigenvalue weighted by atomic mass is 10.0. The number of anilines is 1. The first-order valence-corrected chi connectivity index (χ1v) is 9.12. The average Bonchev–Trinajstić information content (AvgIpc) is 3.01. The molecule has 0 saturated carbocycles. The fourth-order valence-corrected chi connectivity index (χ4v) is 3.32. The number of rotatable bonds is 5. The molecule has 4 rings (SSSR count). The third-order valence-electron chi connectivity index (χ3n) is 4.75. The summed E-state index contributed by atoms with van der Waals surface area (Å²) in [6.07, 6.45) is 2.32. The predicted octanol–water partition coefficient (Wildman–Crippen LogP) is 4.51. The fraction of sp³-hybridized carbons (Fsp3) is 0.0870. The zero-order valence-electron chi connectivity index (χ0n) is 15.9. The lowest BCUT2D eigenvalue weighted by Gasteiger charge is -2.04. The molecule has 0 bridgehead atoms. The number of phenolic OH excluding ortho intramolecular Hbond substituents is 1. The molecule has 29 heavy (non-hydrogen) atoms. The lowest BCUT2D eigenvalue weighted by molar-refractivity contribution is 0.373. The van der Waals surface area contributed by atoms with Gasteiger partial charge in [0.05, 0.1) is 18.4 Å². The van der Waals surface area contributed by atoms with E-state index in [1.165, 1.54) is 13.2 Å². The largest absolute Gasteiger partial charge is 0.504 e. The van der Waals surface area contributed by atoms with Crippen LogP contribution in [0.5, 0.6) is 17.4 Å². The molecular weight excluding hydrogens is 366 g/mol. The van der Waals surface area contributed by atoms with Crippen LogP contribution in [0.3, 0.4) is 0 Å². The van der Waals surface area contributed by atoms with Crippen LogP contribution in [-0.2, 0) is 6.42 Å². The Morgan fingerprint density at radius 2 is 1.86 bits per heavy atom. The quantitative estimate of drug-likeness (QED) is 0.299. The molecule has 0 aliphatic heterocycles. The van der Waals surface area contributed by atoms with E-state index in [1.807, 2.05) is 42.5 Å². The molecule has 0 fully saturated rings. The summed E-state index contributed by atoms with van der Waals surface area (Å²) < 4.78 is 5.04. The highest BCUT2D eigenvalue weighted by Crippen LogP contribution is 2.31. The third kappa shape index (κ3) is 3.87. The van der Waals surface area contributed by atoms with Crippen LogP contribution in [0.1, 0.15) is 16.7 Å². The monoisotopic (exact) mass is 387 g/mol. The summed E-state index contributed by atoms with van der Waals surface area (Å²) in [5, 5.41) is 21.1. The van der Waals surface area contributed by atoms with Crippen LogP contribution in [0.15, 0.2) is 65.7 Å². The van der Waals surface area contributed by atoms with Crippen molar-refractivity contribution in [1.82, 2.24) is 4.98 Å². The van der Waals surface area contributed by atoms with Gasteiger partial charge in [-0.1, -0.05) is 18.2 Å². The number of hydrogen-bond donors (Lipinski definition) is 4. The number of H-pyrrole nitrogens is 1. The Morgan fingerprint density at radius 1 is 1.03 bits per heavy atom. The molecule has 1 heterocycles. The van der Waals surface area contributed by atoms with E-state index in [4.69, 9.17) is 10.5 Å². The van der Waals surface area contributed by atoms with Gasteiger partial charge in [0.2, 0.25) is 0 Å². The second-order valence-electron chi connectivity index (χ2n) is 6.80. The summed E-state index contributed by atoms with van der Waals surface area (Å²) in [5.41, 5.74) is 10.8. The van der Waals surface area contributed by atoms with Crippen LogP contribution in [-0.4, -0.2) is 28.5 Å². The van der Waals surface area contributed by atoms with Gasteiger partial charge < -0.3 is 25.7 Å². The number of hydrogen-bond acceptors (Lipinski definition) is 5. The zero-order valence-corrected chi connectivity index (χ0v) is 15.9. The molecule has 1 aromatic heterocycles. The number of aromatic hydroxyl groups is 2. The molecule has 6 heteroatoms. The second-order valence-corrected chi connectivity index (χ2v) is 6.80. The highest BCUT2D eigenvalue weighted by Gasteiger charge is 2.10. The van der Waals surface area contributed by atoms with Gasteiger partial charge in [-0.15, -0.1) is 0 Å². The topological polar surface area (TPSA) is 104 Å². The van der Waals surface area contributed by atoms with Crippen LogP contribution >= 0.6 is 0 Å². The summed E-state index contributed by atoms with van der Waals surface area (Å²) in [7, 11) is 1.49. The van der Waals surface area contributed by atoms with Gasteiger partial charge in [-0.2, -0.15) is 0 Å². The molecule has 0 spiro atoms. The Labute approximate surface area is 167 Å². The van der Waals surface area contributed by atoms with Gasteiger partial charge in [0.25, 0.3) is 0 Å². The van der Waals surface area contributed by atoms with Crippen molar-refractivity contribution in [1.29, 1.82) is 0 Å². The number of methoxy groups -OCH3 is 1. The van der Waals surface area contributed by atoms with E-state index < -0.39 is 0 Å².